The Morgan fingerprint density at radius 3 is 2.71 bits per heavy atom. The van der Waals surface area contributed by atoms with E-state index in [0.717, 1.165) is 38.9 Å². The summed E-state index contributed by atoms with van der Waals surface area (Å²) in [5.41, 5.74) is 5.47. The van der Waals surface area contributed by atoms with Crippen molar-refractivity contribution in [3.8, 4) is 0 Å². The highest BCUT2D eigenvalue weighted by molar-refractivity contribution is 5.78. The average molecular weight is 197 g/mol. The maximum Gasteiger partial charge on any atom is 0.222 e. The second-order valence-electron chi connectivity index (χ2n) is 4.63. The molecular weight excluding hydrogens is 178 g/mol. The van der Waals surface area contributed by atoms with E-state index in [4.69, 9.17) is 5.73 Å². The Morgan fingerprint density at radius 2 is 2.14 bits per heavy atom. The fourth-order valence-corrected chi connectivity index (χ4v) is 2.82. The number of nitrogens with one attached hydrogen (secondary N) is 1. The summed E-state index contributed by atoms with van der Waals surface area (Å²) in [6, 6.07) is 0. The molecule has 0 bridgehead atoms. The van der Waals surface area contributed by atoms with Gasteiger partial charge in [0.15, 0.2) is 0 Å². The molecule has 0 aromatic rings. The van der Waals surface area contributed by atoms with Crippen molar-refractivity contribution in [3.05, 3.63) is 0 Å². The lowest BCUT2D eigenvalue weighted by Crippen LogP contribution is -2.55. The maximum absolute atomic E-state index is 11.3. The molecule has 1 atom stereocenters. The van der Waals surface area contributed by atoms with Crippen LogP contribution in [0.1, 0.15) is 19.3 Å². The van der Waals surface area contributed by atoms with E-state index in [1.54, 1.807) is 0 Å². The lowest BCUT2D eigenvalue weighted by Gasteiger charge is -2.41. The summed E-state index contributed by atoms with van der Waals surface area (Å²) in [5.74, 6) is -0.0734. The zero-order chi connectivity index (χ0) is 10.2. The summed E-state index contributed by atoms with van der Waals surface area (Å²) in [6.45, 7) is 3.07. The van der Waals surface area contributed by atoms with Crippen molar-refractivity contribution >= 4 is 5.91 Å². The second-order valence-corrected chi connectivity index (χ2v) is 4.63. The van der Waals surface area contributed by atoms with E-state index in [2.05, 4.69) is 17.3 Å². The van der Waals surface area contributed by atoms with Crippen molar-refractivity contribution in [2.24, 2.45) is 11.7 Å². The zero-order valence-electron chi connectivity index (χ0n) is 8.75. The van der Waals surface area contributed by atoms with Gasteiger partial charge in [0.2, 0.25) is 5.91 Å². The number of nitrogens with zero attached hydrogens (tertiary/aromatic N) is 1. The standard InChI is InChI=1S/C10H19N3O/c1-13-6-3-10(4-7-13)8(9(11)14)2-5-12-10/h8,12H,2-7H2,1H3,(H2,11,14). The van der Waals surface area contributed by atoms with E-state index in [9.17, 15) is 4.79 Å². The van der Waals surface area contributed by atoms with Crippen LogP contribution in [-0.2, 0) is 4.79 Å². The van der Waals surface area contributed by atoms with Crippen molar-refractivity contribution in [2.45, 2.75) is 24.8 Å². The molecule has 0 aromatic carbocycles. The van der Waals surface area contributed by atoms with Crippen LogP contribution in [0.15, 0.2) is 0 Å². The van der Waals surface area contributed by atoms with Gasteiger partial charge in [-0.05, 0) is 45.9 Å². The molecule has 0 saturated carbocycles. The number of hydrogen-bond acceptors (Lipinski definition) is 3. The lowest BCUT2D eigenvalue weighted by atomic mass is 9.77. The number of carbonyl (C=O) groups is 1. The van der Waals surface area contributed by atoms with Crippen LogP contribution in [0.4, 0.5) is 0 Å². The summed E-state index contributed by atoms with van der Waals surface area (Å²) in [6.07, 6.45) is 3.02. The molecule has 0 aliphatic carbocycles. The highest BCUT2D eigenvalue weighted by atomic mass is 16.1. The monoisotopic (exact) mass is 197 g/mol. The van der Waals surface area contributed by atoms with Gasteiger partial charge < -0.3 is 16.0 Å². The third-order valence-corrected chi connectivity index (χ3v) is 3.80. The number of likely N-dealkylation sites (tertiary alicyclic amines) is 1. The van der Waals surface area contributed by atoms with Crippen molar-refractivity contribution in [1.29, 1.82) is 0 Å². The van der Waals surface area contributed by atoms with Gasteiger partial charge in [-0.25, -0.2) is 0 Å². The molecule has 2 aliphatic heterocycles. The first kappa shape index (κ1) is 9.93. The van der Waals surface area contributed by atoms with Crippen LogP contribution in [0.25, 0.3) is 0 Å². The Kier molecular flexibility index (Phi) is 2.49. The smallest absolute Gasteiger partial charge is 0.222 e. The minimum atomic E-state index is -0.125. The first-order chi connectivity index (χ1) is 6.64. The molecule has 1 amide bonds. The molecule has 1 spiro atoms. The Hall–Kier alpha value is -0.610. The first-order valence-corrected chi connectivity index (χ1v) is 5.37. The van der Waals surface area contributed by atoms with Crippen LogP contribution in [0.5, 0.6) is 0 Å². The van der Waals surface area contributed by atoms with E-state index >= 15 is 0 Å². The van der Waals surface area contributed by atoms with Gasteiger partial charge in [-0.1, -0.05) is 0 Å². The normalized spacial score (nSPS) is 32.2. The number of piperidine rings is 1. The van der Waals surface area contributed by atoms with Gasteiger partial charge in [0, 0.05) is 5.54 Å². The van der Waals surface area contributed by atoms with Gasteiger partial charge >= 0.3 is 0 Å². The summed E-state index contributed by atoms with van der Waals surface area (Å²) in [7, 11) is 2.13. The van der Waals surface area contributed by atoms with Gasteiger partial charge in [0.25, 0.3) is 0 Å². The molecule has 4 nitrogen and oxygen atoms in total. The molecule has 14 heavy (non-hydrogen) atoms. The van der Waals surface area contributed by atoms with Crippen LogP contribution >= 0.6 is 0 Å². The molecule has 2 saturated heterocycles. The molecule has 1 unspecified atom stereocenters. The number of rotatable bonds is 1. The molecular formula is C10H19N3O. The fraction of sp³-hybridized carbons (Fsp3) is 0.900. The Morgan fingerprint density at radius 1 is 1.50 bits per heavy atom. The van der Waals surface area contributed by atoms with Gasteiger partial charge in [0.05, 0.1) is 5.92 Å². The van der Waals surface area contributed by atoms with Crippen molar-refractivity contribution < 1.29 is 4.79 Å². The molecule has 0 aromatic heterocycles. The van der Waals surface area contributed by atoms with Crippen molar-refractivity contribution in [1.82, 2.24) is 10.2 Å². The topological polar surface area (TPSA) is 58.4 Å². The predicted octanol–water partition coefficient (Wildman–Crippen LogP) is -0.454. The number of nitrogens with two attached hydrogens (primary N) is 1. The molecule has 4 heteroatoms. The SMILES string of the molecule is CN1CCC2(CC1)NCCC2C(N)=O. The zero-order valence-corrected chi connectivity index (χ0v) is 8.75. The summed E-state index contributed by atoms with van der Waals surface area (Å²) < 4.78 is 0. The van der Waals surface area contributed by atoms with E-state index in [1.165, 1.54) is 0 Å². The van der Waals surface area contributed by atoms with E-state index < -0.39 is 0 Å². The van der Waals surface area contributed by atoms with Gasteiger partial charge in [-0.2, -0.15) is 0 Å². The minimum absolute atomic E-state index is 0.0261. The predicted molar refractivity (Wildman–Crippen MR) is 54.8 cm³/mol. The largest absolute Gasteiger partial charge is 0.369 e. The maximum atomic E-state index is 11.3. The second kappa shape index (κ2) is 3.51. The van der Waals surface area contributed by atoms with E-state index in [0.29, 0.717) is 0 Å². The van der Waals surface area contributed by atoms with Crippen LogP contribution < -0.4 is 11.1 Å². The molecule has 0 radical (unpaired) electrons. The van der Waals surface area contributed by atoms with Crippen molar-refractivity contribution in [3.63, 3.8) is 0 Å². The number of amides is 1. The Balaban J connectivity index is 2.10. The summed E-state index contributed by atoms with van der Waals surface area (Å²) in [5, 5.41) is 3.50. The van der Waals surface area contributed by atoms with Gasteiger partial charge in [0.1, 0.15) is 0 Å². The highest BCUT2D eigenvalue weighted by Gasteiger charge is 2.46. The molecule has 2 heterocycles. The Bertz CT molecular complexity index is 234. The molecule has 2 fully saturated rings. The average Bonchev–Trinajstić information content (AvgIpc) is 2.55. The molecule has 3 N–H and O–H groups in total. The lowest BCUT2D eigenvalue weighted by molar-refractivity contribution is -0.124. The van der Waals surface area contributed by atoms with Crippen LogP contribution in [-0.4, -0.2) is 43.0 Å². The Labute approximate surface area is 84.8 Å². The van der Waals surface area contributed by atoms with Crippen LogP contribution in [0.2, 0.25) is 0 Å². The van der Waals surface area contributed by atoms with E-state index in [-0.39, 0.29) is 17.4 Å². The fourth-order valence-electron chi connectivity index (χ4n) is 2.82. The third kappa shape index (κ3) is 1.53. The minimum Gasteiger partial charge on any atom is -0.369 e. The van der Waals surface area contributed by atoms with Crippen molar-refractivity contribution in [2.75, 3.05) is 26.7 Å². The van der Waals surface area contributed by atoms with Crippen LogP contribution in [0.3, 0.4) is 0 Å². The molecule has 2 rings (SSSR count). The first-order valence-electron chi connectivity index (χ1n) is 5.37. The number of primary amides is 1. The quantitative estimate of drug-likeness (QED) is 0.598. The molecule has 2 aliphatic rings. The van der Waals surface area contributed by atoms with E-state index in [1.807, 2.05) is 0 Å². The van der Waals surface area contributed by atoms with Gasteiger partial charge in [-0.3, -0.25) is 4.79 Å². The summed E-state index contributed by atoms with van der Waals surface area (Å²) >= 11 is 0. The third-order valence-electron chi connectivity index (χ3n) is 3.80. The number of carbonyl (C=O) groups excluding carboxylic acids is 1. The summed E-state index contributed by atoms with van der Waals surface area (Å²) in [4.78, 5) is 13.6. The van der Waals surface area contributed by atoms with Crippen LogP contribution in [0, 0.1) is 5.92 Å². The number of hydrogen-bond donors (Lipinski definition) is 2. The highest BCUT2D eigenvalue weighted by Crippen LogP contribution is 2.35. The molecule has 80 valence electrons. The van der Waals surface area contributed by atoms with Gasteiger partial charge in [-0.15, -0.1) is 0 Å².